The molecule has 1 heterocycles. The van der Waals surface area contributed by atoms with Crippen molar-refractivity contribution < 1.29 is 13.6 Å². The molecule has 1 atom stereocenters. The van der Waals surface area contributed by atoms with Crippen molar-refractivity contribution in [3.05, 3.63) is 57.9 Å². The highest BCUT2D eigenvalue weighted by atomic mass is 35.5. The number of hydrogen-bond donors (Lipinski definition) is 1. The number of aryl methyl sites for hydroxylation is 2. The van der Waals surface area contributed by atoms with E-state index >= 15 is 0 Å². The van der Waals surface area contributed by atoms with Crippen LogP contribution < -0.4 is 5.32 Å². The lowest BCUT2D eigenvalue weighted by molar-refractivity contribution is -0.117. The third kappa shape index (κ3) is 4.91. The maximum Gasteiger partial charge on any atom is 0.244 e. The molecule has 0 aliphatic carbocycles. The Balaban J connectivity index is 2.05. The number of aromatic nitrogens is 2. The zero-order valence-corrected chi connectivity index (χ0v) is 15.8. The van der Waals surface area contributed by atoms with E-state index in [4.69, 9.17) is 11.6 Å². The van der Waals surface area contributed by atoms with Crippen molar-refractivity contribution in [3.63, 3.8) is 0 Å². The molecular weight excluding hydrogens is 360 g/mol. The van der Waals surface area contributed by atoms with E-state index in [1.54, 1.807) is 17.7 Å². The molecule has 1 N–H and O–H groups in total. The van der Waals surface area contributed by atoms with E-state index < -0.39 is 17.7 Å². The Kier molecular flexibility index (Phi) is 6.91. The van der Waals surface area contributed by atoms with Gasteiger partial charge in [0, 0.05) is 18.2 Å². The molecule has 0 saturated heterocycles. The van der Waals surface area contributed by atoms with Crippen LogP contribution in [0.3, 0.4) is 0 Å². The zero-order chi connectivity index (χ0) is 19.3. The van der Waals surface area contributed by atoms with Crippen LogP contribution in [0.25, 0.3) is 6.08 Å². The van der Waals surface area contributed by atoms with Gasteiger partial charge >= 0.3 is 0 Å². The number of hydrogen-bond acceptors (Lipinski definition) is 2. The van der Waals surface area contributed by atoms with Crippen LogP contribution in [-0.4, -0.2) is 15.7 Å². The quantitative estimate of drug-likeness (QED) is 0.699. The van der Waals surface area contributed by atoms with E-state index in [9.17, 15) is 13.6 Å². The van der Waals surface area contributed by atoms with Crippen molar-refractivity contribution in [2.75, 3.05) is 0 Å². The van der Waals surface area contributed by atoms with Gasteiger partial charge in [-0.3, -0.25) is 9.48 Å². The summed E-state index contributed by atoms with van der Waals surface area (Å²) in [4.78, 5) is 12.1. The Hall–Kier alpha value is -2.21. The van der Waals surface area contributed by atoms with Crippen molar-refractivity contribution in [2.24, 2.45) is 0 Å². The second-order valence-corrected chi connectivity index (χ2v) is 6.46. The van der Waals surface area contributed by atoms with Crippen LogP contribution >= 0.6 is 11.6 Å². The normalized spacial score (nSPS) is 12.5. The smallest absolute Gasteiger partial charge is 0.244 e. The third-order valence-electron chi connectivity index (χ3n) is 4.04. The first kappa shape index (κ1) is 20.1. The highest BCUT2D eigenvalue weighted by Gasteiger charge is 2.13. The number of nitrogens with zero attached hydrogens (tertiary/aromatic N) is 2. The Morgan fingerprint density at radius 3 is 2.77 bits per heavy atom. The summed E-state index contributed by atoms with van der Waals surface area (Å²) in [6.45, 7) is 6.34. The molecule has 0 aliphatic rings. The summed E-state index contributed by atoms with van der Waals surface area (Å²) in [6, 6.07) is 3.08. The zero-order valence-electron chi connectivity index (χ0n) is 15.0. The minimum Gasteiger partial charge on any atom is -0.346 e. The van der Waals surface area contributed by atoms with Crippen molar-refractivity contribution >= 4 is 23.6 Å². The number of benzene rings is 1. The van der Waals surface area contributed by atoms with E-state index in [1.807, 2.05) is 6.92 Å². The van der Waals surface area contributed by atoms with Gasteiger partial charge in [0.2, 0.25) is 5.91 Å². The number of amides is 1. The molecule has 1 aromatic carbocycles. The Morgan fingerprint density at radius 1 is 1.38 bits per heavy atom. The second-order valence-electron chi connectivity index (χ2n) is 6.10. The molecule has 7 heteroatoms. The fraction of sp³-hybridized carbons (Fsp3) is 0.368. The van der Waals surface area contributed by atoms with Gasteiger partial charge in [0.05, 0.1) is 11.7 Å². The van der Waals surface area contributed by atoms with Gasteiger partial charge in [-0.1, -0.05) is 31.0 Å². The SMILES string of the molecule is CCCCn1nc(C)c(/C=C\C(=O)N[C@@H](C)c2ccc(F)c(F)c2)c1Cl. The highest BCUT2D eigenvalue weighted by molar-refractivity contribution is 6.31. The summed E-state index contributed by atoms with van der Waals surface area (Å²) in [6.07, 6.45) is 4.97. The molecule has 2 rings (SSSR count). The van der Waals surface area contributed by atoms with Crippen LogP contribution in [0.2, 0.25) is 5.15 Å². The minimum atomic E-state index is -0.943. The van der Waals surface area contributed by atoms with Gasteiger partial charge in [-0.05, 0) is 44.0 Å². The fourth-order valence-corrected chi connectivity index (χ4v) is 2.82. The second kappa shape index (κ2) is 8.94. The molecule has 0 aliphatic heterocycles. The molecule has 0 radical (unpaired) electrons. The molecule has 1 amide bonds. The van der Waals surface area contributed by atoms with E-state index in [0.717, 1.165) is 37.2 Å². The number of carbonyl (C=O) groups is 1. The lowest BCUT2D eigenvalue weighted by Gasteiger charge is -2.13. The van der Waals surface area contributed by atoms with Crippen molar-refractivity contribution in [1.29, 1.82) is 0 Å². The Bertz CT molecular complexity index is 817. The highest BCUT2D eigenvalue weighted by Crippen LogP contribution is 2.22. The summed E-state index contributed by atoms with van der Waals surface area (Å²) < 4.78 is 28.0. The summed E-state index contributed by atoms with van der Waals surface area (Å²) in [7, 11) is 0. The average molecular weight is 382 g/mol. The molecule has 140 valence electrons. The van der Waals surface area contributed by atoms with Gasteiger partial charge < -0.3 is 5.32 Å². The summed E-state index contributed by atoms with van der Waals surface area (Å²) in [5, 5.41) is 7.58. The maximum absolute atomic E-state index is 13.3. The van der Waals surface area contributed by atoms with Crippen molar-refractivity contribution in [3.8, 4) is 0 Å². The number of halogens is 3. The van der Waals surface area contributed by atoms with Crippen LogP contribution in [0.15, 0.2) is 24.3 Å². The molecular formula is C19H22ClF2N3O. The molecule has 1 aromatic heterocycles. The fourth-order valence-electron chi connectivity index (χ4n) is 2.50. The average Bonchev–Trinajstić information content (AvgIpc) is 2.87. The molecule has 2 aromatic rings. The number of nitrogens with one attached hydrogen (secondary N) is 1. The molecule has 0 saturated carbocycles. The van der Waals surface area contributed by atoms with E-state index in [1.165, 1.54) is 12.1 Å². The van der Waals surface area contributed by atoms with Crippen LogP contribution in [0.5, 0.6) is 0 Å². The number of rotatable bonds is 7. The van der Waals surface area contributed by atoms with Crippen LogP contribution in [0.4, 0.5) is 8.78 Å². The maximum atomic E-state index is 13.3. The molecule has 0 unspecified atom stereocenters. The molecule has 26 heavy (non-hydrogen) atoms. The van der Waals surface area contributed by atoms with Gasteiger partial charge in [-0.2, -0.15) is 5.10 Å². The van der Waals surface area contributed by atoms with Gasteiger partial charge in [0.1, 0.15) is 5.15 Å². The Labute approximate surface area is 156 Å². The minimum absolute atomic E-state index is 0.362. The van der Waals surface area contributed by atoms with Gasteiger partial charge in [-0.15, -0.1) is 0 Å². The number of carbonyl (C=O) groups excluding carboxylic acids is 1. The van der Waals surface area contributed by atoms with Crippen LogP contribution in [-0.2, 0) is 11.3 Å². The van der Waals surface area contributed by atoms with E-state index in [2.05, 4.69) is 17.3 Å². The monoisotopic (exact) mass is 381 g/mol. The summed E-state index contributed by atoms with van der Waals surface area (Å²) in [5.74, 6) is -2.22. The molecule has 0 bridgehead atoms. The van der Waals surface area contributed by atoms with Crippen molar-refractivity contribution in [1.82, 2.24) is 15.1 Å². The molecule has 4 nitrogen and oxygen atoms in total. The number of unbranched alkanes of at least 4 members (excludes halogenated alkanes) is 1. The van der Waals surface area contributed by atoms with Gasteiger partial charge in [-0.25, -0.2) is 8.78 Å². The topological polar surface area (TPSA) is 46.9 Å². The predicted molar refractivity (Wildman–Crippen MR) is 98.8 cm³/mol. The first-order chi connectivity index (χ1) is 12.3. The molecule has 0 fully saturated rings. The van der Waals surface area contributed by atoms with E-state index in [0.29, 0.717) is 16.3 Å². The third-order valence-corrected chi connectivity index (χ3v) is 4.44. The van der Waals surface area contributed by atoms with Crippen LogP contribution in [0, 0.1) is 18.6 Å². The summed E-state index contributed by atoms with van der Waals surface area (Å²) >= 11 is 6.32. The Morgan fingerprint density at radius 2 is 2.12 bits per heavy atom. The standard InChI is InChI=1S/C19H22ClF2N3O/c1-4-5-10-25-19(20)15(13(3)24-25)7-9-18(26)23-12(2)14-6-8-16(21)17(22)11-14/h6-9,11-12H,4-5,10H2,1-3H3,(H,23,26)/b9-7-/t12-/m0/s1. The molecule has 0 spiro atoms. The van der Waals surface area contributed by atoms with Crippen molar-refractivity contribution in [2.45, 2.75) is 46.2 Å². The van der Waals surface area contributed by atoms with Gasteiger partial charge in [0.25, 0.3) is 0 Å². The van der Waals surface area contributed by atoms with Crippen LogP contribution in [0.1, 0.15) is 49.6 Å². The summed E-state index contributed by atoms with van der Waals surface area (Å²) in [5.41, 5.74) is 1.91. The first-order valence-electron chi connectivity index (χ1n) is 8.50. The largest absolute Gasteiger partial charge is 0.346 e. The lowest BCUT2D eigenvalue weighted by Crippen LogP contribution is -2.24. The van der Waals surface area contributed by atoms with E-state index in [-0.39, 0.29) is 5.91 Å². The first-order valence-corrected chi connectivity index (χ1v) is 8.87. The van der Waals surface area contributed by atoms with Gasteiger partial charge in [0.15, 0.2) is 11.6 Å². The lowest BCUT2D eigenvalue weighted by atomic mass is 10.1. The predicted octanol–water partition coefficient (Wildman–Crippen LogP) is 4.81.